The molecule has 0 aromatic carbocycles. The number of amides is 1. The average molecular weight is 198 g/mol. The Kier molecular flexibility index (Phi) is 2.91. The molecule has 0 aromatic rings. The minimum atomic E-state index is 0.0226. The van der Waals surface area contributed by atoms with Crippen molar-refractivity contribution in [2.45, 2.75) is 64.6 Å². The van der Waals surface area contributed by atoms with Gasteiger partial charge in [-0.2, -0.15) is 0 Å². The lowest BCUT2D eigenvalue weighted by atomic mass is 9.73. The van der Waals surface area contributed by atoms with Crippen LogP contribution >= 0.6 is 0 Å². The number of carbonyl (C=O) groups is 1. The summed E-state index contributed by atoms with van der Waals surface area (Å²) < 4.78 is 0. The standard InChI is InChI=1S/C11H22N2O/c1-8(14)12-11(5)6-9(7-11)13-10(2,3)4/h9,13H,6-7H2,1-5H3,(H,12,14). The van der Waals surface area contributed by atoms with Gasteiger partial charge in [-0.3, -0.25) is 4.79 Å². The molecule has 0 atom stereocenters. The Labute approximate surface area is 86.6 Å². The van der Waals surface area contributed by atoms with E-state index in [0.29, 0.717) is 6.04 Å². The molecule has 14 heavy (non-hydrogen) atoms. The van der Waals surface area contributed by atoms with Crippen molar-refractivity contribution in [3.8, 4) is 0 Å². The lowest BCUT2D eigenvalue weighted by Gasteiger charge is -2.48. The maximum Gasteiger partial charge on any atom is 0.217 e. The van der Waals surface area contributed by atoms with Gasteiger partial charge in [0.25, 0.3) is 0 Å². The Balaban J connectivity index is 2.32. The first-order chi connectivity index (χ1) is 6.20. The Morgan fingerprint density at radius 3 is 2.21 bits per heavy atom. The highest BCUT2D eigenvalue weighted by Crippen LogP contribution is 2.32. The van der Waals surface area contributed by atoms with Gasteiger partial charge in [0.2, 0.25) is 5.91 Å². The van der Waals surface area contributed by atoms with Crippen molar-refractivity contribution in [2.24, 2.45) is 0 Å². The zero-order valence-electron chi connectivity index (χ0n) is 9.90. The number of hydrogen-bond donors (Lipinski definition) is 2. The summed E-state index contributed by atoms with van der Waals surface area (Å²) in [5.41, 5.74) is 0.191. The lowest BCUT2D eigenvalue weighted by Crippen LogP contribution is -2.63. The van der Waals surface area contributed by atoms with Crippen molar-refractivity contribution in [1.82, 2.24) is 10.6 Å². The fourth-order valence-corrected chi connectivity index (χ4v) is 2.27. The highest BCUT2D eigenvalue weighted by atomic mass is 16.1. The quantitative estimate of drug-likeness (QED) is 0.705. The number of nitrogens with one attached hydrogen (secondary N) is 2. The summed E-state index contributed by atoms with van der Waals surface area (Å²) in [7, 11) is 0. The van der Waals surface area contributed by atoms with Crippen LogP contribution < -0.4 is 10.6 Å². The zero-order valence-corrected chi connectivity index (χ0v) is 9.90. The molecule has 1 fully saturated rings. The van der Waals surface area contributed by atoms with Crippen molar-refractivity contribution in [1.29, 1.82) is 0 Å². The number of rotatable bonds is 2. The van der Waals surface area contributed by atoms with Crippen molar-refractivity contribution >= 4 is 5.91 Å². The first-order valence-corrected chi connectivity index (χ1v) is 5.27. The van der Waals surface area contributed by atoms with Crippen molar-refractivity contribution in [2.75, 3.05) is 0 Å². The smallest absolute Gasteiger partial charge is 0.217 e. The van der Waals surface area contributed by atoms with E-state index in [9.17, 15) is 4.79 Å². The van der Waals surface area contributed by atoms with E-state index in [4.69, 9.17) is 0 Å². The summed E-state index contributed by atoms with van der Waals surface area (Å²) in [5, 5.41) is 6.53. The molecule has 0 saturated heterocycles. The second-order valence-corrected chi connectivity index (χ2v) is 5.74. The van der Waals surface area contributed by atoms with Crippen LogP contribution in [0.15, 0.2) is 0 Å². The Morgan fingerprint density at radius 2 is 1.86 bits per heavy atom. The minimum absolute atomic E-state index is 0.0226. The van der Waals surface area contributed by atoms with Gasteiger partial charge in [-0.05, 0) is 40.5 Å². The van der Waals surface area contributed by atoms with Gasteiger partial charge >= 0.3 is 0 Å². The van der Waals surface area contributed by atoms with Crippen molar-refractivity contribution in [3.63, 3.8) is 0 Å². The zero-order chi connectivity index (χ0) is 11.0. The second kappa shape index (κ2) is 3.54. The molecule has 0 unspecified atom stereocenters. The molecule has 0 spiro atoms. The molecule has 2 N–H and O–H groups in total. The third-order valence-corrected chi connectivity index (χ3v) is 2.51. The van der Waals surface area contributed by atoms with E-state index < -0.39 is 0 Å². The summed E-state index contributed by atoms with van der Waals surface area (Å²) in [6, 6.07) is 0.548. The molecule has 0 radical (unpaired) electrons. The summed E-state index contributed by atoms with van der Waals surface area (Å²) in [5.74, 6) is 0.0710. The van der Waals surface area contributed by atoms with Crippen LogP contribution in [0, 0.1) is 0 Å². The van der Waals surface area contributed by atoms with E-state index in [1.807, 2.05) is 0 Å². The second-order valence-electron chi connectivity index (χ2n) is 5.74. The van der Waals surface area contributed by atoms with E-state index in [1.54, 1.807) is 6.92 Å². The molecule has 0 bridgehead atoms. The SMILES string of the molecule is CC(=O)NC1(C)CC(NC(C)(C)C)C1. The van der Waals surface area contributed by atoms with Gasteiger partial charge in [-0.15, -0.1) is 0 Å². The van der Waals surface area contributed by atoms with Gasteiger partial charge in [0.15, 0.2) is 0 Å². The van der Waals surface area contributed by atoms with Gasteiger partial charge < -0.3 is 10.6 Å². The van der Waals surface area contributed by atoms with Crippen LogP contribution in [0.1, 0.15) is 47.5 Å². The van der Waals surface area contributed by atoms with Gasteiger partial charge in [-0.1, -0.05) is 0 Å². The highest BCUT2D eigenvalue weighted by Gasteiger charge is 2.41. The molecule has 82 valence electrons. The van der Waals surface area contributed by atoms with Crippen LogP contribution in [-0.4, -0.2) is 23.0 Å². The molecule has 1 aliphatic carbocycles. The molecule has 1 saturated carbocycles. The molecule has 3 nitrogen and oxygen atoms in total. The minimum Gasteiger partial charge on any atom is -0.351 e. The maximum atomic E-state index is 10.9. The van der Waals surface area contributed by atoms with Gasteiger partial charge in [0.1, 0.15) is 0 Å². The fraction of sp³-hybridized carbons (Fsp3) is 0.909. The fourth-order valence-electron chi connectivity index (χ4n) is 2.27. The van der Waals surface area contributed by atoms with Gasteiger partial charge in [0.05, 0.1) is 0 Å². The van der Waals surface area contributed by atoms with E-state index in [-0.39, 0.29) is 17.0 Å². The maximum absolute atomic E-state index is 10.9. The first-order valence-electron chi connectivity index (χ1n) is 5.27. The lowest BCUT2D eigenvalue weighted by molar-refractivity contribution is -0.122. The van der Waals surface area contributed by atoms with Crippen LogP contribution in [0.3, 0.4) is 0 Å². The van der Waals surface area contributed by atoms with E-state index in [0.717, 1.165) is 12.8 Å². The third kappa shape index (κ3) is 3.29. The Morgan fingerprint density at radius 1 is 1.36 bits per heavy atom. The van der Waals surface area contributed by atoms with Crippen molar-refractivity contribution in [3.05, 3.63) is 0 Å². The molecule has 0 aromatic heterocycles. The molecule has 0 aliphatic heterocycles. The van der Waals surface area contributed by atoms with E-state index in [2.05, 4.69) is 38.3 Å². The van der Waals surface area contributed by atoms with Crippen molar-refractivity contribution < 1.29 is 4.79 Å². The molecule has 1 amide bonds. The van der Waals surface area contributed by atoms with E-state index in [1.165, 1.54) is 0 Å². The first kappa shape index (κ1) is 11.5. The van der Waals surface area contributed by atoms with Crippen LogP contribution in [-0.2, 0) is 4.79 Å². The molecule has 1 rings (SSSR count). The molecular weight excluding hydrogens is 176 g/mol. The molecular formula is C11H22N2O. The predicted molar refractivity (Wildman–Crippen MR) is 58.1 cm³/mol. The van der Waals surface area contributed by atoms with Crippen LogP contribution in [0.5, 0.6) is 0 Å². The number of hydrogen-bond acceptors (Lipinski definition) is 2. The van der Waals surface area contributed by atoms with Gasteiger partial charge in [-0.25, -0.2) is 0 Å². The number of carbonyl (C=O) groups excluding carboxylic acids is 1. The monoisotopic (exact) mass is 198 g/mol. The van der Waals surface area contributed by atoms with Crippen LogP contribution in [0.2, 0.25) is 0 Å². The van der Waals surface area contributed by atoms with Crippen LogP contribution in [0.4, 0.5) is 0 Å². The van der Waals surface area contributed by atoms with E-state index >= 15 is 0 Å². The largest absolute Gasteiger partial charge is 0.351 e. The molecule has 0 heterocycles. The summed E-state index contributed by atoms with van der Waals surface area (Å²) in [4.78, 5) is 10.9. The topological polar surface area (TPSA) is 41.1 Å². The average Bonchev–Trinajstić information content (AvgIpc) is 1.76. The summed E-state index contributed by atoms with van der Waals surface area (Å²) >= 11 is 0. The highest BCUT2D eigenvalue weighted by molar-refractivity contribution is 5.74. The normalized spacial score (nSPS) is 32.2. The predicted octanol–water partition coefficient (Wildman–Crippen LogP) is 1.43. The molecule has 1 aliphatic rings. The molecule has 3 heteroatoms. The summed E-state index contributed by atoms with van der Waals surface area (Å²) in [6.45, 7) is 10.2. The Hall–Kier alpha value is -0.570. The third-order valence-electron chi connectivity index (χ3n) is 2.51. The summed E-state index contributed by atoms with van der Waals surface area (Å²) in [6.07, 6.45) is 2.06. The van der Waals surface area contributed by atoms with Gasteiger partial charge in [0, 0.05) is 24.0 Å². The Bertz CT molecular complexity index is 224. The van der Waals surface area contributed by atoms with Crippen LogP contribution in [0.25, 0.3) is 0 Å².